The van der Waals surface area contributed by atoms with Crippen LogP contribution in [0.25, 0.3) is 0 Å². The predicted octanol–water partition coefficient (Wildman–Crippen LogP) is 2.80. The van der Waals surface area contributed by atoms with Crippen molar-refractivity contribution in [2.45, 2.75) is 19.8 Å². The molecule has 1 aromatic rings. The quantitative estimate of drug-likeness (QED) is 0.687. The first-order chi connectivity index (χ1) is 9.19. The highest BCUT2D eigenvalue weighted by Crippen LogP contribution is 2.10. The summed E-state index contributed by atoms with van der Waals surface area (Å²) >= 11 is 3.38. The molecule has 3 nitrogen and oxygen atoms in total. The van der Waals surface area contributed by atoms with Gasteiger partial charge in [-0.2, -0.15) is 0 Å². The van der Waals surface area contributed by atoms with Gasteiger partial charge in [-0.05, 0) is 24.5 Å². The monoisotopic (exact) mass is 327 g/mol. The minimum atomic E-state index is 0.194. The van der Waals surface area contributed by atoms with Gasteiger partial charge in [-0.1, -0.05) is 40.2 Å². The van der Waals surface area contributed by atoms with Crippen LogP contribution in [0.2, 0.25) is 0 Å². The molecule has 106 valence electrons. The number of hydrogen-bond acceptors (Lipinski definition) is 2. The van der Waals surface area contributed by atoms with E-state index in [1.807, 2.05) is 17.0 Å². The summed E-state index contributed by atoms with van der Waals surface area (Å²) in [6.45, 7) is 4.06. The number of rotatable bonds is 8. The Morgan fingerprint density at radius 2 is 2.05 bits per heavy atom. The summed E-state index contributed by atoms with van der Waals surface area (Å²) < 4.78 is 5.04. The van der Waals surface area contributed by atoms with Crippen molar-refractivity contribution in [1.29, 1.82) is 0 Å². The Kier molecular flexibility index (Phi) is 7.75. The second-order valence-electron chi connectivity index (χ2n) is 4.49. The van der Waals surface area contributed by atoms with Crippen LogP contribution in [-0.2, 0) is 16.0 Å². The van der Waals surface area contributed by atoms with E-state index in [0.717, 1.165) is 18.3 Å². The van der Waals surface area contributed by atoms with Gasteiger partial charge < -0.3 is 9.64 Å². The van der Waals surface area contributed by atoms with E-state index in [1.54, 1.807) is 7.11 Å². The first-order valence-corrected chi connectivity index (χ1v) is 7.68. The van der Waals surface area contributed by atoms with Gasteiger partial charge in [0.15, 0.2) is 0 Å². The number of amides is 1. The van der Waals surface area contributed by atoms with Gasteiger partial charge in [0.05, 0.1) is 6.61 Å². The van der Waals surface area contributed by atoms with Gasteiger partial charge in [0.2, 0.25) is 5.91 Å². The van der Waals surface area contributed by atoms with Crippen LogP contribution in [0.3, 0.4) is 0 Å². The Hall–Kier alpha value is -0.870. The molecule has 0 heterocycles. The molecule has 1 aromatic carbocycles. The second-order valence-corrected chi connectivity index (χ2v) is 5.28. The van der Waals surface area contributed by atoms with Gasteiger partial charge in [0, 0.05) is 32.0 Å². The van der Waals surface area contributed by atoms with Crippen molar-refractivity contribution in [3.63, 3.8) is 0 Å². The molecular formula is C15H22BrNO2. The number of halogens is 1. The lowest BCUT2D eigenvalue weighted by molar-refractivity contribution is -0.131. The van der Waals surface area contributed by atoms with Crippen LogP contribution in [0.1, 0.15) is 17.5 Å². The molecule has 0 radical (unpaired) electrons. The van der Waals surface area contributed by atoms with Crippen molar-refractivity contribution in [3.8, 4) is 0 Å². The Morgan fingerprint density at radius 1 is 1.32 bits per heavy atom. The fourth-order valence-corrected chi connectivity index (χ4v) is 2.38. The first kappa shape index (κ1) is 16.2. The summed E-state index contributed by atoms with van der Waals surface area (Å²) in [5, 5.41) is 0.798. The van der Waals surface area contributed by atoms with E-state index in [4.69, 9.17) is 4.74 Å². The summed E-state index contributed by atoms with van der Waals surface area (Å²) in [7, 11) is 1.66. The lowest BCUT2D eigenvalue weighted by atomic mass is 10.0. The minimum Gasteiger partial charge on any atom is -0.383 e. The summed E-state index contributed by atoms with van der Waals surface area (Å²) in [6.07, 6.45) is 1.36. The molecule has 1 rings (SSSR count). The molecule has 0 atom stereocenters. The van der Waals surface area contributed by atoms with Gasteiger partial charge in [-0.3, -0.25) is 4.79 Å². The number of carbonyl (C=O) groups excluding carboxylic acids is 1. The predicted molar refractivity (Wildman–Crippen MR) is 81.8 cm³/mol. The van der Waals surface area contributed by atoms with Crippen LogP contribution < -0.4 is 0 Å². The molecule has 0 spiro atoms. The third kappa shape index (κ3) is 5.74. The van der Waals surface area contributed by atoms with Crippen LogP contribution in [0.5, 0.6) is 0 Å². The third-order valence-corrected chi connectivity index (χ3v) is 3.50. The highest BCUT2D eigenvalue weighted by Gasteiger charge is 2.12. The highest BCUT2D eigenvalue weighted by atomic mass is 79.9. The normalized spacial score (nSPS) is 10.5. The molecule has 4 heteroatoms. The number of aryl methyl sites for hydroxylation is 2. The first-order valence-electron chi connectivity index (χ1n) is 6.56. The molecule has 0 aromatic heterocycles. The smallest absolute Gasteiger partial charge is 0.223 e. The molecular weight excluding hydrogens is 306 g/mol. The number of nitrogens with zero attached hydrogens (tertiary/aromatic N) is 1. The van der Waals surface area contributed by atoms with Crippen molar-refractivity contribution in [2.75, 3.05) is 32.1 Å². The lowest BCUT2D eigenvalue weighted by Crippen LogP contribution is -2.35. The Bertz CT molecular complexity index is 395. The number of carbonyl (C=O) groups is 1. The summed E-state index contributed by atoms with van der Waals surface area (Å²) in [6, 6.07) is 8.22. The topological polar surface area (TPSA) is 29.5 Å². The maximum atomic E-state index is 12.2. The maximum Gasteiger partial charge on any atom is 0.223 e. The average Bonchev–Trinajstić information content (AvgIpc) is 2.42. The van der Waals surface area contributed by atoms with E-state index in [1.165, 1.54) is 11.1 Å². The zero-order valence-corrected chi connectivity index (χ0v) is 13.3. The second kappa shape index (κ2) is 9.10. The van der Waals surface area contributed by atoms with E-state index >= 15 is 0 Å². The van der Waals surface area contributed by atoms with E-state index in [2.05, 4.69) is 35.0 Å². The Labute approximate surface area is 124 Å². The molecule has 0 N–H and O–H groups in total. The SMILES string of the molecule is COCCN(CCBr)C(=O)CCc1ccccc1C. The van der Waals surface area contributed by atoms with Crippen molar-refractivity contribution in [1.82, 2.24) is 4.90 Å². The standard InChI is InChI=1S/C15H22BrNO2/c1-13-5-3-4-6-14(13)7-8-15(18)17(10-9-16)11-12-19-2/h3-6H,7-12H2,1-2H3. The molecule has 0 unspecified atom stereocenters. The fourth-order valence-electron chi connectivity index (χ4n) is 1.96. The van der Waals surface area contributed by atoms with Crippen LogP contribution >= 0.6 is 15.9 Å². The highest BCUT2D eigenvalue weighted by molar-refractivity contribution is 9.09. The van der Waals surface area contributed by atoms with Crippen LogP contribution in [0, 0.1) is 6.92 Å². The molecule has 0 fully saturated rings. The number of methoxy groups -OCH3 is 1. The molecule has 0 saturated carbocycles. The van der Waals surface area contributed by atoms with Crippen molar-refractivity contribution in [3.05, 3.63) is 35.4 Å². The molecule has 0 aliphatic heterocycles. The fraction of sp³-hybridized carbons (Fsp3) is 0.533. The maximum absolute atomic E-state index is 12.2. The van der Waals surface area contributed by atoms with Crippen molar-refractivity contribution in [2.24, 2.45) is 0 Å². The van der Waals surface area contributed by atoms with Crippen molar-refractivity contribution >= 4 is 21.8 Å². The van der Waals surface area contributed by atoms with E-state index in [-0.39, 0.29) is 5.91 Å². The van der Waals surface area contributed by atoms with E-state index < -0.39 is 0 Å². The zero-order chi connectivity index (χ0) is 14.1. The van der Waals surface area contributed by atoms with E-state index in [9.17, 15) is 4.79 Å². The summed E-state index contributed by atoms with van der Waals surface area (Å²) in [4.78, 5) is 14.0. The van der Waals surface area contributed by atoms with Gasteiger partial charge in [-0.15, -0.1) is 0 Å². The lowest BCUT2D eigenvalue weighted by Gasteiger charge is -2.21. The van der Waals surface area contributed by atoms with E-state index in [0.29, 0.717) is 19.6 Å². The van der Waals surface area contributed by atoms with Gasteiger partial charge in [0.25, 0.3) is 0 Å². The molecule has 0 bridgehead atoms. The van der Waals surface area contributed by atoms with Crippen LogP contribution in [0.4, 0.5) is 0 Å². The van der Waals surface area contributed by atoms with Gasteiger partial charge >= 0.3 is 0 Å². The minimum absolute atomic E-state index is 0.194. The van der Waals surface area contributed by atoms with Gasteiger partial charge in [0.1, 0.15) is 0 Å². The summed E-state index contributed by atoms with van der Waals surface area (Å²) in [5.41, 5.74) is 2.50. The number of ether oxygens (including phenoxy) is 1. The zero-order valence-electron chi connectivity index (χ0n) is 11.7. The number of hydrogen-bond donors (Lipinski definition) is 0. The molecule has 19 heavy (non-hydrogen) atoms. The average molecular weight is 328 g/mol. The van der Waals surface area contributed by atoms with Crippen molar-refractivity contribution < 1.29 is 9.53 Å². The van der Waals surface area contributed by atoms with Crippen LogP contribution in [-0.4, -0.2) is 42.9 Å². The number of alkyl halides is 1. The van der Waals surface area contributed by atoms with Crippen LogP contribution in [0.15, 0.2) is 24.3 Å². The molecule has 0 saturated heterocycles. The third-order valence-electron chi connectivity index (χ3n) is 3.14. The largest absolute Gasteiger partial charge is 0.383 e. The summed E-state index contributed by atoms with van der Waals surface area (Å²) in [5.74, 6) is 0.194. The van der Waals surface area contributed by atoms with Gasteiger partial charge in [-0.25, -0.2) is 0 Å². The molecule has 0 aliphatic rings. The Balaban J connectivity index is 2.50. The molecule has 0 aliphatic carbocycles. The number of benzene rings is 1. The molecule has 1 amide bonds. The Morgan fingerprint density at radius 3 is 2.68 bits per heavy atom.